The molecule has 0 aliphatic heterocycles. The van der Waals surface area contributed by atoms with Crippen molar-refractivity contribution in [2.45, 2.75) is 33.3 Å². The minimum absolute atomic E-state index is 0.699. The molecule has 1 aromatic heterocycles. The van der Waals surface area contributed by atoms with E-state index in [9.17, 15) is 5.11 Å². The Labute approximate surface area is 85.3 Å². The lowest BCUT2D eigenvalue weighted by Crippen LogP contribution is -2.17. The fourth-order valence-electron chi connectivity index (χ4n) is 1.16. The zero-order valence-corrected chi connectivity index (χ0v) is 9.20. The minimum atomic E-state index is -0.859. The maximum atomic E-state index is 9.70. The molecule has 1 aromatic rings. The van der Waals surface area contributed by atoms with Gasteiger partial charge in [-0.3, -0.25) is 4.98 Å². The Morgan fingerprint density at radius 3 is 2.43 bits per heavy atom. The molecule has 14 heavy (non-hydrogen) atoms. The summed E-state index contributed by atoms with van der Waals surface area (Å²) < 4.78 is 0. The van der Waals surface area contributed by atoms with E-state index in [4.69, 9.17) is 0 Å². The normalized spacial score (nSPS) is 13.1. The summed E-state index contributed by atoms with van der Waals surface area (Å²) in [5.74, 6) is 0. The molecule has 1 N–H and O–H groups in total. The van der Waals surface area contributed by atoms with E-state index in [0.29, 0.717) is 5.69 Å². The molecule has 0 aromatic carbocycles. The molecule has 0 fully saturated rings. The predicted molar refractivity (Wildman–Crippen MR) is 58.8 cm³/mol. The quantitative estimate of drug-likeness (QED) is 0.779. The van der Waals surface area contributed by atoms with Crippen LogP contribution in [0.5, 0.6) is 0 Å². The van der Waals surface area contributed by atoms with Gasteiger partial charge in [-0.05, 0) is 44.9 Å². The molecule has 0 aliphatic carbocycles. The van der Waals surface area contributed by atoms with Crippen LogP contribution in [0.25, 0.3) is 5.57 Å². The van der Waals surface area contributed by atoms with Crippen molar-refractivity contribution in [2.75, 3.05) is 0 Å². The van der Waals surface area contributed by atoms with Crippen molar-refractivity contribution in [2.24, 2.45) is 0 Å². The van der Waals surface area contributed by atoms with E-state index in [1.165, 1.54) is 5.57 Å². The number of allylic oxidation sites excluding steroid dienone is 2. The lowest BCUT2D eigenvalue weighted by atomic mass is 10.0. The molecule has 2 heteroatoms. The van der Waals surface area contributed by atoms with E-state index in [2.05, 4.69) is 4.98 Å². The van der Waals surface area contributed by atoms with Gasteiger partial charge in [0, 0.05) is 6.20 Å². The molecule has 0 spiro atoms. The molecular formula is C12H17NO. The molecule has 1 rings (SSSR count). The Morgan fingerprint density at radius 2 is 2.07 bits per heavy atom. The van der Waals surface area contributed by atoms with Crippen molar-refractivity contribution in [3.63, 3.8) is 0 Å². The van der Waals surface area contributed by atoms with E-state index >= 15 is 0 Å². The number of aromatic nitrogens is 1. The maximum absolute atomic E-state index is 9.70. The van der Waals surface area contributed by atoms with Gasteiger partial charge in [-0.1, -0.05) is 12.1 Å². The Balaban J connectivity index is 3.01. The highest BCUT2D eigenvalue weighted by Crippen LogP contribution is 2.19. The molecule has 0 saturated heterocycles. The summed E-state index contributed by atoms with van der Waals surface area (Å²) in [6, 6.07) is 3.85. The third-order valence-electron chi connectivity index (χ3n) is 2.28. The lowest BCUT2D eigenvalue weighted by molar-refractivity contribution is 0.0738. The van der Waals surface area contributed by atoms with Crippen LogP contribution in [-0.2, 0) is 5.60 Å². The molecule has 0 radical (unpaired) electrons. The van der Waals surface area contributed by atoms with Gasteiger partial charge in [-0.2, -0.15) is 0 Å². The van der Waals surface area contributed by atoms with E-state index in [1.54, 1.807) is 20.0 Å². The van der Waals surface area contributed by atoms with E-state index in [1.807, 2.05) is 32.1 Å². The average Bonchev–Trinajstić information content (AvgIpc) is 2.15. The monoisotopic (exact) mass is 191 g/mol. The average molecular weight is 191 g/mol. The Bertz CT molecular complexity index is 330. The third-order valence-corrected chi connectivity index (χ3v) is 2.28. The fraction of sp³-hybridized carbons (Fsp3) is 0.417. The SMILES string of the molecule is C/C=C(\C)c1ccc(C(C)(C)O)nc1. The number of hydrogen-bond donors (Lipinski definition) is 1. The van der Waals surface area contributed by atoms with Crippen molar-refractivity contribution < 1.29 is 5.11 Å². The first-order valence-electron chi connectivity index (χ1n) is 4.77. The topological polar surface area (TPSA) is 33.1 Å². The van der Waals surface area contributed by atoms with Crippen LogP contribution in [0.15, 0.2) is 24.4 Å². The van der Waals surface area contributed by atoms with Gasteiger partial charge >= 0.3 is 0 Å². The highest BCUT2D eigenvalue weighted by molar-refractivity contribution is 5.62. The minimum Gasteiger partial charge on any atom is -0.384 e. The van der Waals surface area contributed by atoms with Crippen LogP contribution in [0.1, 0.15) is 39.0 Å². The lowest BCUT2D eigenvalue weighted by Gasteiger charge is -2.16. The van der Waals surface area contributed by atoms with Gasteiger partial charge in [0.25, 0.3) is 0 Å². The summed E-state index contributed by atoms with van der Waals surface area (Å²) in [5, 5.41) is 9.70. The third kappa shape index (κ3) is 2.42. The number of nitrogens with zero attached hydrogens (tertiary/aromatic N) is 1. The maximum Gasteiger partial charge on any atom is 0.101 e. The van der Waals surface area contributed by atoms with E-state index in [0.717, 1.165) is 5.56 Å². The van der Waals surface area contributed by atoms with Gasteiger partial charge < -0.3 is 5.11 Å². The zero-order chi connectivity index (χ0) is 10.8. The molecule has 2 nitrogen and oxygen atoms in total. The van der Waals surface area contributed by atoms with Crippen LogP contribution < -0.4 is 0 Å². The second kappa shape index (κ2) is 3.93. The molecule has 0 atom stereocenters. The Kier molecular flexibility index (Phi) is 3.06. The van der Waals surface area contributed by atoms with E-state index in [-0.39, 0.29) is 0 Å². The van der Waals surface area contributed by atoms with Gasteiger partial charge in [0.1, 0.15) is 5.60 Å². The number of aliphatic hydroxyl groups is 1. The highest BCUT2D eigenvalue weighted by Gasteiger charge is 2.16. The van der Waals surface area contributed by atoms with Crippen LogP contribution in [0, 0.1) is 0 Å². The zero-order valence-electron chi connectivity index (χ0n) is 9.20. The molecule has 0 saturated carbocycles. The molecule has 0 amide bonds. The van der Waals surface area contributed by atoms with Crippen molar-refractivity contribution in [3.05, 3.63) is 35.7 Å². The number of pyridine rings is 1. The molecular weight excluding hydrogens is 174 g/mol. The molecule has 0 aliphatic rings. The second-order valence-electron chi connectivity index (χ2n) is 3.96. The van der Waals surface area contributed by atoms with Gasteiger partial charge in [0.15, 0.2) is 0 Å². The Hall–Kier alpha value is -1.15. The van der Waals surface area contributed by atoms with Gasteiger partial charge in [-0.15, -0.1) is 0 Å². The number of rotatable bonds is 2. The summed E-state index contributed by atoms with van der Waals surface area (Å²) in [6.45, 7) is 7.51. The smallest absolute Gasteiger partial charge is 0.101 e. The van der Waals surface area contributed by atoms with Crippen molar-refractivity contribution in [1.82, 2.24) is 4.98 Å². The van der Waals surface area contributed by atoms with Gasteiger partial charge in [0.05, 0.1) is 5.69 Å². The Morgan fingerprint density at radius 1 is 1.43 bits per heavy atom. The summed E-state index contributed by atoms with van der Waals surface area (Å²) in [6.07, 6.45) is 3.84. The molecule has 1 heterocycles. The van der Waals surface area contributed by atoms with Crippen LogP contribution >= 0.6 is 0 Å². The van der Waals surface area contributed by atoms with Gasteiger partial charge in [0.2, 0.25) is 0 Å². The van der Waals surface area contributed by atoms with E-state index < -0.39 is 5.60 Å². The predicted octanol–water partition coefficient (Wildman–Crippen LogP) is 2.73. The first-order chi connectivity index (χ1) is 6.45. The summed E-state index contributed by atoms with van der Waals surface area (Å²) >= 11 is 0. The molecule has 76 valence electrons. The largest absolute Gasteiger partial charge is 0.384 e. The highest BCUT2D eigenvalue weighted by atomic mass is 16.3. The summed E-state index contributed by atoms with van der Waals surface area (Å²) in [4.78, 5) is 4.23. The molecule has 0 unspecified atom stereocenters. The summed E-state index contributed by atoms with van der Waals surface area (Å²) in [5.41, 5.74) is 2.13. The second-order valence-corrected chi connectivity index (χ2v) is 3.96. The van der Waals surface area contributed by atoms with Gasteiger partial charge in [-0.25, -0.2) is 0 Å². The van der Waals surface area contributed by atoms with Crippen LogP contribution in [0.2, 0.25) is 0 Å². The summed E-state index contributed by atoms with van der Waals surface area (Å²) in [7, 11) is 0. The van der Waals surface area contributed by atoms with Crippen molar-refractivity contribution in [1.29, 1.82) is 0 Å². The van der Waals surface area contributed by atoms with Crippen LogP contribution in [0.4, 0.5) is 0 Å². The first-order valence-corrected chi connectivity index (χ1v) is 4.77. The fourth-order valence-corrected chi connectivity index (χ4v) is 1.16. The van der Waals surface area contributed by atoms with Crippen molar-refractivity contribution in [3.8, 4) is 0 Å². The molecule has 0 bridgehead atoms. The first kappa shape index (κ1) is 10.9. The number of hydrogen-bond acceptors (Lipinski definition) is 2. The van der Waals surface area contributed by atoms with Crippen LogP contribution in [-0.4, -0.2) is 10.1 Å². The van der Waals surface area contributed by atoms with Crippen LogP contribution in [0.3, 0.4) is 0 Å². The van der Waals surface area contributed by atoms with Crippen molar-refractivity contribution >= 4 is 5.57 Å². The standard InChI is InChI=1S/C12H17NO/c1-5-9(2)10-6-7-11(13-8-10)12(3,4)14/h5-8,14H,1-4H3/b9-5+.